The molecule has 0 spiro atoms. The second kappa shape index (κ2) is 13.4. The number of ether oxygens (including phenoxy) is 2. The number of carbonyl (C=O) groups is 3. The zero-order valence-corrected chi connectivity index (χ0v) is 24.2. The van der Waals surface area contributed by atoms with Crippen molar-refractivity contribution in [1.82, 2.24) is 5.43 Å². The Hall–Kier alpha value is -3.35. The Kier molecular flexibility index (Phi) is 10.3. The average Bonchev–Trinajstić information content (AvgIpc) is 2.85. The standard InChI is InChI=1S/C26H23Cl2IN4O5/c1-14-7-15(2)9-17(8-14)31-22(34)13-38-24-19(29)10-16(11-21(24)37-3)12-30-33-26(36)25(35)32-20-6-4-5-18(27)23(20)28/h4-12H,13H2,1-3H3,(H,31,34)(H,32,35)(H,33,36)/b30-12-. The first kappa shape index (κ1) is 29.2. The number of rotatable bonds is 8. The fourth-order valence-corrected chi connectivity index (χ4v) is 4.46. The molecule has 0 heterocycles. The zero-order chi connectivity index (χ0) is 27.8. The van der Waals surface area contributed by atoms with E-state index in [-0.39, 0.29) is 28.2 Å². The molecular formula is C26H23Cl2IN4O5. The molecule has 3 rings (SSSR count). The van der Waals surface area contributed by atoms with Crippen molar-refractivity contribution in [3.8, 4) is 11.5 Å². The van der Waals surface area contributed by atoms with Gasteiger partial charge in [-0.3, -0.25) is 14.4 Å². The lowest BCUT2D eigenvalue weighted by molar-refractivity contribution is -0.136. The van der Waals surface area contributed by atoms with Gasteiger partial charge in [0.1, 0.15) is 0 Å². The fourth-order valence-electron chi connectivity index (χ4n) is 3.33. The van der Waals surface area contributed by atoms with Gasteiger partial charge in [-0.1, -0.05) is 35.3 Å². The first-order valence-electron chi connectivity index (χ1n) is 11.0. The molecule has 0 bridgehead atoms. The quantitative estimate of drug-likeness (QED) is 0.130. The third kappa shape index (κ3) is 8.07. The van der Waals surface area contributed by atoms with Gasteiger partial charge >= 0.3 is 11.8 Å². The van der Waals surface area contributed by atoms with Crippen molar-refractivity contribution in [2.45, 2.75) is 13.8 Å². The molecule has 3 N–H and O–H groups in total. The third-order valence-electron chi connectivity index (χ3n) is 4.89. The summed E-state index contributed by atoms with van der Waals surface area (Å²) in [6, 6.07) is 13.7. The summed E-state index contributed by atoms with van der Waals surface area (Å²) in [5, 5.41) is 9.35. The van der Waals surface area contributed by atoms with Crippen LogP contribution in [0.5, 0.6) is 11.5 Å². The van der Waals surface area contributed by atoms with E-state index < -0.39 is 11.8 Å². The maximum atomic E-state index is 12.4. The summed E-state index contributed by atoms with van der Waals surface area (Å²) in [6.45, 7) is 3.68. The Morgan fingerprint density at radius 2 is 1.71 bits per heavy atom. The van der Waals surface area contributed by atoms with Crippen molar-refractivity contribution in [2.24, 2.45) is 5.10 Å². The molecule has 9 nitrogen and oxygen atoms in total. The lowest BCUT2D eigenvalue weighted by Crippen LogP contribution is -2.32. The molecule has 198 valence electrons. The van der Waals surface area contributed by atoms with Gasteiger partial charge in [-0.2, -0.15) is 5.10 Å². The molecule has 3 amide bonds. The molecule has 3 aromatic rings. The van der Waals surface area contributed by atoms with Crippen LogP contribution in [0, 0.1) is 17.4 Å². The minimum absolute atomic E-state index is 0.116. The average molecular weight is 669 g/mol. The highest BCUT2D eigenvalue weighted by molar-refractivity contribution is 14.1. The molecule has 0 saturated carbocycles. The second-order valence-electron chi connectivity index (χ2n) is 8.00. The molecule has 12 heteroatoms. The van der Waals surface area contributed by atoms with Crippen LogP contribution in [-0.2, 0) is 14.4 Å². The van der Waals surface area contributed by atoms with Crippen molar-refractivity contribution in [3.05, 3.63) is 78.8 Å². The highest BCUT2D eigenvalue weighted by atomic mass is 127. The van der Waals surface area contributed by atoms with Crippen LogP contribution in [-0.4, -0.2) is 37.7 Å². The highest BCUT2D eigenvalue weighted by Crippen LogP contribution is 2.33. The van der Waals surface area contributed by atoms with Crippen molar-refractivity contribution in [2.75, 3.05) is 24.4 Å². The number of nitrogens with one attached hydrogen (secondary N) is 3. The monoisotopic (exact) mass is 668 g/mol. The zero-order valence-electron chi connectivity index (χ0n) is 20.5. The summed E-state index contributed by atoms with van der Waals surface area (Å²) in [7, 11) is 1.46. The number of hydrazone groups is 1. The maximum absolute atomic E-state index is 12.4. The molecule has 0 aromatic heterocycles. The van der Waals surface area contributed by atoms with Crippen LogP contribution in [0.1, 0.15) is 16.7 Å². The fraction of sp³-hybridized carbons (Fsp3) is 0.154. The van der Waals surface area contributed by atoms with Gasteiger partial charge in [0.15, 0.2) is 18.1 Å². The molecule has 38 heavy (non-hydrogen) atoms. The Morgan fingerprint density at radius 3 is 2.39 bits per heavy atom. The molecule has 0 radical (unpaired) electrons. The van der Waals surface area contributed by atoms with Gasteiger partial charge in [0.25, 0.3) is 5.91 Å². The maximum Gasteiger partial charge on any atom is 0.329 e. The van der Waals surface area contributed by atoms with E-state index in [0.717, 1.165) is 11.1 Å². The van der Waals surface area contributed by atoms with E-state index in [2.05, 4.69) is 21.2 Å². The van der Waals surface area contributed by atoms with Crippen molar-refractivity contribution in [1.29, 1.82) is 0 Å². The van der Waals surface area contributed by atoms with E-state index in [1.165, 1.54) is 19.4 Å². The van der Waals surface area contributed by atoms with Gasteiger partial charge in [-0.25, -0.2) is 5.43 Å². The third-order valence-corrected chi connectivity index (χ3v) is 6.51. The molecule has 0 unspecified atom stereocenters. The summed E-state index contributed by atoms with van der Waals surface area (Å²) < 4.78 is 11.8. The number of hydrogen-bond donors (Lipinski definition) is 3. The summed E-state index contributed by atoms with van der Waals surface area (Å²) in [6.07, 6.45) is 1.33. The molecular weight excluding hydrogens is 646 g/mol. The van der Waals surface area contributed by atoms with Gasteiger partial charge in [0.2, 0.25) is 0 Å². The van der Waals surface area contributed by atoms with Crippen LogP contribution in [0.15, 0.2) is 53.6 Å². The Balaban J connectivity index is 1.60. The summed E-state index contributed by atoms with van der Waals surface area (Å²) in [5.74, 6) is -1.56. The van der Waals surface area contributed by atoms with Crippen LogP contribution in [0.2, 0.25) is 10.0 Å². The number of hydrogen-bond acceptors (Lipinski definition) is 6. The Bertz CT molecular complexity index is 1390. The van der Waals surface area contributed by atoms with Crippen LogP contribution < -0.4 is 25.5 Å². The van der Waals surface area contributed by atoms with Crippen molar-refractivity contribution in [3.63, 3.8) is 0 Å². The number of nitrogens with zero attached hydrogens (tertiary/aromatic N) is 1. The van der Waals surface area contributed by atoms with E-state index in [1.54, 1.807) is 24.3 Å². The smallest absolute Gasteiger partial charge is 0.329 e. The number of benzene rings is 3. The van der Waals surface area contributed by atoms with E-state index in [1.807, 2.05) is 54.6 Å². The van der Waals surface area contributed by atoms with E-state index in [4.69, 9.17) is 32.7 Å². The van der Waals surface area contributed by atoms with Crippen LogP contribution in [0.4, 0.5) is 11.4 Å². The number of amides is 3. The SMILES string of the molecule is COc1cc(/C=N\NC(=O)C(=O)Nc2cccc(Cl)c2Cl)cc(I)c1OCC(=O)Nc1cc(C)cc(C)c1. The first-order chi connectivity index (χ1) is 18.1. The summed E-state index contributed by atoms with van der Waals surface area (Å²) in [5.41, 5.74) is 5.66. The molecule has 0 aliphatic rings. The van der Waals surface area contributed by atoms with Crippen molar-refractivity contribution >= 4 is 81.1 Å². The van der Waals surface area contributed by atoms with Crippen LogP contribution in [0.3, 0.4) is 0 Å². The van der Waals surface area contributed by atoms with Gasteiger partial charge in [-0.15, -0.1) is 0 Å². The molecule has 0 aliphatic carbocycles. The molecule has 3 aromatic carbocycles. The molecule has 0 fully saturated rings. The van der Waals surface area contributed by atoms with Gasteiger partial charge in [-0.05, 0) is 89.5 Å². The second-order valence-corrected chi connectivity index (χ2v) is 9.95. The van der Waals surface area contributed by atoms with E-state index >= 15 is 0 Å². The lowest BCUT2D eigenvalue weighted by Gasteiger charge is -2.14. The lowest BCUT2D eigenvalue weighted by atomic mass is 10.1. The Morgan fingerprint density at radius 1 is 1.00 bits per heavy atom. The van der Waals surface area contributed by atoms with Crippen LogP contribution >= 0.6 is 45.8 Å². The number of halogens is 3. The largest absolute Gasteiger partial charge is 0.493 e. The van der Waals surface area contributed by atoms with Gasteiger partial charge < -0.3 is 20.1 Å². The first-order valence-corrected chi connectivity index (χ1v) is 12.9. The molecule has 0 saturated heterocycles. The van der Waals surface area contributed by atoms with E-state index in [9.17, 15) is 14.4 Å². The minimum atomic E-state index is -1.01. The summed E-state index contributed by atoms with van der Waals surface area (Å²) in [4.78, 5) is 36.6. The molecule has 0 atom stereocenters. The van der Waals surface area contributed by atoms with Gasteiger partial charge in [0.05, 0.1) is 32.6 Å². The highest BCUT2D eigenvalue weighted by Gasteiger charge is 2.16. The number of aryl methyl sites for hydroxylation is 2. The minimum Gasteiger partial charge on any atom is -0.493 e. The van der Waals surface area contributed by atoms with Crippen molar-refractivity contribution < 1.29 is 23.9 Å². The van der Waals surface area contributed by atoms with E-state index in [0.29, 0.717) is 26.3 Å². The topological polar surface area (TPSA) is 118 Å². The summed E-state index contributed by atoms with van der Waals surface area (Å²) >= 11 is 14.0. The van der Waals surface area contributed by atoms with Gasteiger partial charge in [0, 0.05) is 5.69 Å². The Labute approximate surface area is 243 Å². The number of anilines is 2. The predicted octanol–water partition coefficient (Wildman–Crippen LogP) is 5.33. The normalized spacial score (nSPS) is 10.7. The number of carbonyl (C=O) groups excluding carboxylic acids is 3. The van der Waals surface area contributed by atoms with Crippen LogP contribution in [0.25, 0.3) is 0 Å². The predicted molar refractivity (Wildman–Crippen MR) is 157 cm³/mol. The molecule has 0 aliphatic heterocycles. The number of methoxy groups -OCH3 is 1.